The Morgan fingerprint density at radius 1 is 1.22 bits per heavy atom. The minimum Gasteiger partial charge on any atom is -0.480 e. The van der Waals surface area contributed by atoms with Crippen LogP contribution in [0.5, 0.6) is 5.88 Å². The van der Waals surface area contributed by atoms with Crippen molar-refractivity contribution in [2.75, 3.05) is 7.11 Å². The molecule has 4 rings (SSSR count). The van der Waals surface area contributed by atoms with E-state index in [2.05, 4.69) is 33.3 Å². The average Bonchev–Trinajstić information content (AvgIpc) is 2.92. The maximum atomic E-state index is 5.56. The Hall–Kier alpha value is -2.69. The van der Waals surface area contributed by atoms with Crippen molar-refractivity contribution in [2.45, 2.75) is 26.2 Å². The molecule has 0 amide bonds. The summed E-state index contributed by atoms with van der Waals surface area (Å²) in [5.41, 5.74) is 5.47. The highest BCUT2D eigenvalue weighted by Gasteiger charge is 2.21. The Morgan fingerprint density at radius 2 is 2.13 bits per heavy atom. The predicted octanol–water partition coefficient (Wildman–Crippen LogP) is 3.21. The first kappa shape index (κ1) is 13.9. The molecule has 0 radical (unpaired) electrons. The van der Waals surface area contributed by atoms with Crippen LogP contribution in [0, 0.1) is 6.92 Å². The van der Waals surface area contributed by atoms with Crippen LogP contribution >= 0.6 is 0 Å². The molecular weight excluding hydrogens is 288 g/mol. The monoisotopic (exact) mass is 306 g/mol. The van der Waals surface area contributed by atoms with Gasteiger partial charge in [0, 0.05) is 12.4 Å². The van der Waals surface area contributed by atoms with E-state index >= 15 is 0 Å². The van der Waals surface area contributed by atoms with E-state index in [4.69, 9.17) is 4.74 Å². The zero-order valence-corrected chi connectivity index (χ0v) is 13.3. The van der Waals surface area contributed by atoms with Crippen molar-refractivity contribution < 1.29 is 4.74 Å². The minimum atomic E-state index is 0.661. The Kier molecular flexibility index (Phi) is 3.33. The minimum absolute atomic E-state index is 0.661. The van der Waals surface area contributed by atoms with E-state index in [1.807, 2.05) is 29.9 Å². The van der Waals surface area contributed by atoms with Crippen molar-refractivity contribution in [1.29, 1.82) is 0 Å². The van der Waals surface area contributed by atoms with Crippen LogP contribution in [0.3, 0.4) is 0 Å². The van der Waals surface area contributed by atoms with Gasteiger partial charge in [-0.2, -0.15) is 10.1 Å². The lowest BCUT2D eigenvalue weighted by Crippen LogP contribution is -2.05. The molecule has 0 saturated carbocycles. The third-order valence-electron chi connectivity index (χ3n) is 4.20. The summed E-state index contributed by atoms with van der Waals surface area (Å²) in [5.74, 6) is 1.42. The molecule has 23 heavy (non-hydrogen) atoms. The van der Waals surface area contributed by atoms with Gasteiger partial charge in [-0.25, -0.2) is 9.50 Å². The quantitative estimate of drug-likeness (QED) is 0.729. The molecule has 0 fully saturated rings. The van der Waals surface area contributed by atoms with E-state index in [-0.39, 0.29) is 0 Å². The van der Waals surface area contributed by atoms with Gasteiger partial charge in [-0.1, -0.05) is 6.08 Å². The second kappa shape index (κ2) is 5.50. The van der Waals surface area contributed by atoms with Gasteiger partial charge in [0.15, 0.2) is 0 Å². The topological polar surface area (TPSA) is 52.3 Å². The van der Waals surface area contributed by atoms with Crippen LogP contribution in [0.2, 0.25) is 0 Å². The van der Waals surface area contributed by atoms with Gasteiger partial charge in [0.25, 0.3) is 0 Å². The summed E-state index contributed by atoms with van der Waals surface area (Å²) in [6, 6.07) is 6.23. The molecule has 0 bridgehead atoms. The second-order valence-electron chi connectivity index (χ2n) is 5.73. The fourth-order valence-electron chi connectivity index (χ4n) is 3.17. The first-order valence-electron chi connectivity index (χ1n) is 7.82. The maximum absolute atomic E-state index is 5.56. The number of rotatable bonds is 2. The highest BCUT2D eigenvalue weighted by atomic mass is 16.5. The Balaban J connectivity index is 1.94. The van der Waals surface area contributed by atoms with Gasteiger partial charge < -0.3 is 4.74 Å². The molecule has 0 spiro atoms. The number of aromatic nitrogens is 4. The molecule has 0 unspecified atom stereocenters. The molecule has 0 aliphatic heterocycles. The molecule has 1 aliphatic rings. The SMILES string of the molecule is COc1nc(C)nc2c1C(c1ccn3nccc3c1)=CCCC2. The van der Waals surface area contributed by atoms with E-state index in [0.29, 0.717) is 5.88 Å². The Labute approximate surface area is 134 Å². The predicted molar refractivity (Wildman–Crippen MR) is 88.5 cm³/mol. The molecule has 0 aromatic carbocycles. The van der Waals surface area contributed by atoms with Gasteiger partial charge in [0.05, 0.1) is 23.9 Å². The van der Waals surface area contributed by atoms with Gasteiger partial charge in [-0.15, -0.1) is 0 Å². The van der Waals surface area contributed by atoms with Crippen LogP contribution in [-0.4, -0.2) is 26.7 Å². The molecule has 5 nitrogen and oxygen atoms in total. The van der Waals surface area contributed by atoms with Crippen molar-refractivity contribution in [3.05, 3.63) is 59.3 Å². The van der Waals surface area contributed by atoms with E-state index < -0.39 is 0 Å². The Morgan fingerprint density at radius 3 is 3.00 bits per heavy atom. The van der Waals surface area contributed by atoms with Gasteiger partial charge in [-0.3, -0.25) is 0 Å². The summed E-state index contributed by atoms with van der Waals surface area (Å²) in [6.45, 7) is 1.91. The zero-order valence-electron chi connectivity index (χ0n) is 13.3. The molecule has 3 aromatic rings. The number of methoxy groups -OCH3 is 1. The van der Waals surface area contributed by atoms with Gasteiger partial charge in [0.1, 0.15) is 5.82 Å². The molecule has 0 atom stereocenters. The lowest BCUT2D eigenvalue weighted by molar-refractivity contribution is 0.393. The van der Waals surface area contributed by atoms with Crippen molar-refractivity contribution in [1.82, 2.24) is 19.6 Å². The number of hydrogen-bond acceptors (Lipinski definition) is 4. The molecule has 3 aromatic heterocycles. The van der Waals surface area contributed by atoms with Crippen LogP contribution in [0.25, 0.3) is 11.1 Å². The van der Waals surface area contributed by atoms with Crippen LogP contribution in [-0.2, 0) is 6.42 Å². The molecule has 0 N–H and O–H groups in total. The Bertz CT molecular complexity index is 911. The first-order valence-corrected chi connectivity index (χ1v) is 7.82. The number of fused-ring (bicyclic) bond motifs is 2. The summed E-state index contributed by atoms with van der Waals surface area (Å²) >= 11 is 0. The molecule has 0 saturated heterocycles. The first-order chi connectivity index (χ1) is 11.3. The molecule has 1 aliphatic carbocycles. The number of pyridine rings is 1. The van der Waals surface area contributed by atoms with Crippen molar-refractivity contribution in [3.8, 4) is 5.88 Å². The highest BCUT2D eigenvalue weighted by molar-refractivity contribution is 5.84. The van der Waals surface area contributed by atoms with E-state index in [9.17, 15) is 0 Å². The van der Waals surface area contributed by atoms with E-state index in [1.54, 1.807) is 7.11 Å². The van der Waals surface area contributed by atoms with Gasteiger partial charge in [-0.05, 0) is 55.5 Å². The summed E-state index contributed by atoms with van der Waals surface area (Å²) in [5, 5.41) is 4.26. The number of hydrogen-bond donors (Lipinski definition) is 0. The molecule has 3 heterocycles. The number of nitrogens with zero attached hydrogens (tertiary/aromatic N) is 4. The fraction of sp³-hybridized carbons (Fsp3) is 0.278. The number of ether oxygens (including phenoxy) is 1. The van der Waals surface area contributed by atoms with Crippen LogP contribution in [0.4, 0.5) is 0 Å². The van der Waals surface area contributed by atoms with Crippen LogP contribution in [0.1, 0.15) is 35.5 Å². The van der Waals surface area contributed by atoms with Crippen molar-refractivity contribution in [2.24, 2.45) is 0 Å². The lowest BCUT2D eigenvalue weighted by atomic mass is 9.97. The van der Waals surface area contributed by atoms with Gasteiger partial charge >= 0.3 is 0 Å². The molecule has 116 valence electrons. The fourth-order valence-corrected chi connectivity index (χ4v) is 3.17. The maximum Gasteiger partial charge on any atom is 0.224 e. The normalized spacial score (nSPS) is 14.3. The molecular formula is C18H18N4O. The summed E-state index contributed by atoms with van der Waals surface area (Å²) in [4.78, 5) is 9.14. The lowest BCUT2D eigenvalue weighted by Gasteiger charge is -2.15. The van der Waals surface area contributed by atoms with Crippen molar-refractivity contribution in [3.63, 3.8) is 0 Å². The summed E-state index contributed by atoms with van der Waals surface area (Å²) < 4.78 is 7.43. The van der Waals surface area contributed by atoms with Crippen LogP contribution in [0.15, 0.2) is 36.7 Å². The highest BCUT2D eigenvalue weighted by Crippen LogP contribution is 2.35. The third kappa shape index (κ3) is 2.38. The summed E-state index contributed by atoms with van der Waals surface area (Å²) in [7, 11) is 1.67. The number of aryl methyl sites for hydroxylation is 2. The third-order valence-corrected chi connectivity index (χ3v) is 4.20. The smallest absolute Gasteiger partial charge is 0.224 e. The van der Waals surface area contributed by atoms with E-state index in [0.717, 1.165) is 53.0 Å². The van der Waals surface area contributed by atoms with Crippen molar-refractivity contribution >= 4 is 11.1 Å². The second-order valence-corrected chi connectivity index (χ2v) is 5.73. The number of allylic oxidation sites excluding steroid dienone is 1. The van der Waals surface area contributed by atoms with E-state index in [1.165, 1.54) is 0 Å². The molecule has 5 heteroatoms. The van der Waals surface area contributed by atoms with Gasteiger partial charge in [0.2, 0.25) is 5.88 Å². The average molecular weight is 306 g/mol. The zero-order chi connectivity index (χ0) is 15.8. The van der Waals surface area contributed by atoms with Crippen LogP contribution < -0.4 is 4.74 Å². The largest absolute Gasteiger partial charge is 0.480 e. The summed E-state index contributed by atoms with van der Waals surface area (Å²) in [6.07, 6.45) is 9.13. The standard InChI is InChI=1S/C18H18N4O/c1-12-20-16-6-4-3-5-15(17(16)18(21-12)23-2)13-8-10-22-14(11-13)7-9-19-22/h5,7-11H,3-4,6H2,1-2H3.